The number of halogens is 8. The second-order valence-corrected chi connectivity index (χ2v) is 9.82. The van der Waals surface area contributed by atoms with Gasteiger partial charge >= 0.3 is 6.18 Å². The summed E-state index contributed by atoms with van der Waals surface area (Å²) in [4.78, 5) is 30.7. The van der Waals surface area contributed by atoms with Gasteiger partial charge in [-0.3, -0.25) is 14.6 Å². The topological polar surface area (TPSA) is 80.4 Å². The molecule has 0 radical (unpaired) electrons. The highest BCUT2D eigenvalue weighted by Crippen LogP contribution is 2.43. The van der Waals surface area contributed by atoms with Gasteiger partial charge in [0, 0.05) is 41.5 Å². The summed E-state index contributed by atoms with van der Waals surface area (Å²) >= 11 is 6.32. The van der Waals surface area contributed by atoms with Crippen LogP contribution < -0.4 is 16.3 Å². The molecule has 0 aliphatic carbocycles. The standard InChI is InChI=1S/C27H19ClF7N5O2/c1-36-26-39(2)23-18(40(26)10-19(31)32)9-17(37-24(41)11-5-12(27(33,34)35)7-14(30)6-11)20-21(23)25(42)38-22(20)15-8-13(29)3-4-16(15)28/h3-9,19,22H,10H2,1-2H3,(H,37,41)(H,38,42). The molecule has 0 bridgehead atoms. The zero-order chi connectivity index (χ0) is 30.7. The number of hydrogen-bond acceptors (Lipinski definition) is 3. The number of benzene rings is 3. The molecule has 42 heavy (non-hydrogen) atoms. The quantitative estimate of drug-likeness (QED) is 0.279. The van der Waals surface area contributed by atoms with Crippen molar-refractivity contribution in [3.63, 3.8) is 0 Å². The number of amides is 2. The summed E-state index contributed by atoms with van der Waals surface area (Å²) in [5.41, 5.74) is -2.08. The van der Waals surface area contributed by atoms with Gasteiger partial charge in [-0.25, -0.2) is 17.6 Å². The largest absolute Gasteiger partial charge is 0.416 e. The van der Waals surface area contributed by atoms with Gasteiger partial charge in [-0.15, -0.1) is 0 Å². The Hall–Kier alpha value is -4.33. The van der Waals surface area contributed by atoms with Crippen molar-refractivity contribution >= 4 is 40.1 Å². The molecule has 1 aliphatic rings. The molecule has 220 valence electrons. The molecule has 0 saturated heterocycles. The lowest BCUT2D eigenvalue weighted by molar-refractivity contribution is -0.137. The number of nitrogens with one attached hydrogen (secondary N) is 2. The van der Waals surface area contributed by atoms with Crippen LogP contribution in [0.5, 0.6) is 0 Å². The Kier molecular flexibility index (Phi) is 7.29. The first kappa shape index (κ1) is 29.2. The maximum absolute atomic E-state index is 14.3. The first-order chi connectivity index (χ1) is 19.7. The number of aromatic nitrogens is 2. The van der Waals surface area contributed by atoms with Crippen molar-refractivity contribution in [1.82, 2.24) is 14.5 Å². The third kappa shape index (κ3) is 4.99. The molecule has 1 atom stereocenters. The van der Waals surface area contributed by atoms with Gasteiger partial charge in [0.15, 0.2) is 0 Å². The van der Waals surface area contributed by atoms with E-state index in [1.165, 1.54) is 30.8 Å². The van der Waals surface area contributed by atoms with Crippen LogP contribution in [0.4, 0.5) is 36.4 Å². The molecule has 1 aliphatic heterocycles. The van der Waals surface area contributed by atoms with Crippen LogP contribution in [0.1, 0.15) is 43.4 Å². The Morgan fingerprint density at radius 1 is 1.12 bits per heavy atom. The number of anilines is 1. The molecule has 1 unspecified atom stereocenters. The van der Waals surface area contributed by atoms with E-state index in [1.807, 2.05) is 0 Å². The molecule has 1 aromatic heterocycles. The molecule has 2 N–H and O–H groups in total. The molecule has 0 spiro atoms. The minimum Gasteiger partial charge on any atom is -0.341 e. The summed E-state index contributed by atoms with van der Waals surface area (Å²) in [6.45, 7) is -0.851. The molecular weight excluding hydrogens is 595 g/mol. The van der Waals surface area contributed by atoms with Crippen molar-refractivity contribution in [2.45, 2.75) is 25.2 Å². The van der Waals surface area contributed by atoms with Gasteiger partial charge in [-0.1, -0.05) is 11.6 Å². The lowest BCUT2D eigenvalue weighted by atomic mass is 9.95. The number of nitrogens with zero attached hydrogens (tertiary/aromatic N) is 3. The fraction of sp³-hybridized carbons (Fsp3) is 0.222. The van der Waals surface area contributed by atoms with Gasteiger partial charge in [-0.05, 0) is 42.5 Å². The lowest BCUT2D eigenvalue weighted by Gasteiger charge is -2.19. The molecular formula is C27H19ClF7N5O2. The normalized spacial score (nSPS) is 15.5. The van der Waals surface area contributed by atoms with Crippen molar-refractivity contribution in [1.29, 1.82) is 0 Å². The van der Waals surface area contributed by atoms with E-state index in [4.69, 9.17) is 11.6 Å². The number of imidazole rings is 1. The minimum atomic E-state index is -4.96. The number of carbonyl (C=O) groups excluding carboxylic acids is 2. The third-order valence-electron chi connectivity index (χ3n) is 6.80. The number of alkyl halides is 5. The highest BCUT2D eigenvalue weighted by molar-refractivity contribution is 6.31. The predicted molar refractivity (Wildman–Crippen MR) is 138 cm³/mol. The third-order valence-corrected chi connectivity index (χ3v) is 7.15. The SMILES string of the molecule is CN=c1n(C)c2c3c(c(NC(=O)c4cc(F)cc(C(F)(F)F)c4)cc2n1CC(F)F)C(c1cc(F)ccc1Cl)NC3=O. The van der Waals surface area contributed by atoms with Crippen LogP contribution in [-0.4, -0.2) is 34.4 Å². The van der Waals surface area contributed by atoms with Crippen LogP contribution in [0.15, 0.2) is 47.5 Å². The average molecular weight is 614 g/mol. The zero-order valence-corrected chi connectivity index (χ0v) is 22.3. The number of fused-ring (bicyclic) bond motifs is 3. The van der Waals surface area contributed by atoms with Crippen molar-refractivity contribution in [3.8, 4) is 0 Å². The molecule has 2 heterocycles. The summed E-state index contributed by atoms with van der Waals surface area (Å²) < 4.78 is 98.0. The molecule has 4 aromatic rings. The van der Waals surface area contributed by atoms with E-state index >= 15 is 0 Å². The minimum absolute atomic E-state index is 0.0313. The maximum atomic E-state index is 14.3. The van der Waals surface area contributed by atoms with E-state index in [9.17, 15) is 40.3 Å². The Labute approximate surface area is 237 Å². The fourth-order valence-corrected chi connectivity index (χ4v) is 5.38. The van der Waals surface area contributed by atoms with Crippen molar-refractivity contribution in [3.05, 3.63) is 92.6 Å². The Morgan fingerprint density at radius 3 is 2.48 bits per heavy atom. The van der Waals surface area contributed by atoms with Crippen molar-refractivity contribution < 1.29 is 40.3 Å². The van der Waals surface area contributed by atoms with Gasteiger partial charge in [-0.2, -0.15) is 13.2 Å². The van der Waals surface area contributed by atoms with E-state index in [-0.39, 0.29) is 50.1 Å². The highest BCUT2D eigenvalue weighted by atomic mass is 35.5. The molecule has 0 saturated carbocycles. The van der Waals surface area contributed by atoms with Crippen LogP contribution in [0.25, 0.3) is 11.0 Å². The first-order valence-electron chi connectivity index (χ1n) is 12.1. The Morgan fingerprint density at radius 2 is 1.83 bits per heavy atom. The second kappa shape index (κ2) is 10.5. The van der Waals surface area contributed by atoms with Crippen molar-refractivity contribution in [2.75, 3.05) is 12.4 Å². The number of hydrogen-bond donors (Lipinski definition) is 2. The van der Waals surface area contributed by atoms with E-state index in [0.29, 0.717) is 12.1 Å². The van der Waals surface area contributed by atoms with Crippen molar-refractivity contribution in [2.24, 2.45) is 12.0 Å². The molecule has 3 aromatic carbocycles. The van der Waals surface area contributed by atoms with Gasteiger partial charge < -0.3 is 19.8 Å². The summed E-state index contributed by atoms with van der Waals surface area (Å²) in [5, 5.41) is 5.08. The molecule has 0 fully saturated rings. The lowest BCUT2D eigenvalue weighted by Crippen LogP contribution is -2.26. The number of rotatable bonds is 5. The van der Waals surface area contributed by atoms with Crippen LogP contribution >= 0.6 is 11.6 Å². The Bertz CT molecular complexity index is 1850. The smallest absolute Gasteiger partial charge is 0.341 e. The summed E-state index contributed by atoms with van der Waals surface area (Å²) in [5.74, 6) is -3.96. The van der Waals surface area contributed by atoms with Crippen LogP contribution in [0.2, 0.25) is 5.02 Å². The molecule has 5 rings (SSSR count). The van der Waals surface area contributed by atoms with E-state index in [2.05, 4.69) is 15.6 Å². The summed E-state index contributed by atoms with van der Waals surface area (Å²) in [6.07, 6.45) is -7.81. The van der Waals surface area contributed by atoms with Gasteiger partial charge in [0.1, 0.15) is 11.6 Å². The molecule has 2 amide bonds. The second-order valence-electron chi connectivity index (χ2n) is 9.42. The van der Waals surface area contributed by atoms with E-state index in [1.54, 1.807) is 0 Å². The number of aryl methyl sites for hydroxylation is 1. The van der Waals surface area contributed by atoms with Crippen LogP contribution in [0, 0.1) is 11.6 Å². The van der Waals surface area contributed by atoms with Gasteiger partial charge in [0.25, 0.3) is 18.2 Å². The first-order valence-corrected chi connectivity index (χ1v) is 12.5. The summed E-state index contributed by atoms with van der Waals surface area (Å²) in [6, 6.07) is 4.69. The van der Waals surface area contributed by atoms with Crippen LogP contribution in [-0.2, 0) is 19.8 Å². The van der Waals surface area contributed by atoms with Crippen LogP contribution in [0.3, 0.4) is 0 Å². The highest BCUT2D eigenvalue weighted by Gasteiger charge is 2.38. The fourth-order valence-electron chi connectivity index (χ4n) is 5.15. The Balaban J connectivity index is 1.79. The molecule has 7 nitrogen and oxygen atoms in total. The maximum Gasteiger partial charge on any atom is 0.416 e. The predicted octanol–water partition coefficient (Wildman–Crippen LogP) is 5.81. The van der Waals surface area contributed by atoms with E-state index in [0.717, 1.165) is 16.7 Å². The van der Waals surface area contributed by atoms with E-state index < -0.39 is 59.8 Å². The summed E-state index contributed by atoms with van der Waals surface area (Å²) in [7, 11) is 2.82. The average Bonchev–Trinajstić information content (AvgIpc) is 3.37. The van der Waals surface area contributed by atoms with Gasteiger partial charge in [0.2, 0.25) is 5.62 Å². The number of carbonyl (C=O) groups is 2. The zero-order valence-electron chi connectivity index (χ0n) is 21.6. The van der Waals surface area contributed by atoms with Gasteiger partial charge in [0.05, 0.1) is 34.7 Å². The molecule has 15 heteroatoms. The monoisotopic (exact) mass is 613 g/mol.